The molecule has 0 bridgehead atoms. The number of amides is 1. The zero-order valence-corrected chi connectivity index (χ0v) is 16.5. The number of fused-ring (bicyclic) bond motifs is 1. The minimum Gasteiger partial charge on any atom is -0.480 e. The maximum absolute atomic E-state index is 11.9. The Hall–Kier alpha value is -2.70. The van der Waals surface area contributed by atoms with Crippen LogP contribution in [-0.2, 0) is 20.7 Å². The topological polar surface area (TPSA) is 89.7 Å². The van der Waals surface area contributed by atoms with Gasteiger partial charge in [0.05, 0.1) is 12.1 Å². The van der Waals surface area contributed by atoms with Crippen molar-refractivity contribution in [1.29, 1.82) is 0 Å². The molecule has 0 saturated heterocycles. The summed E-state index contributed by atoms with van der Waals surface area (Å²) in [5.41, 5.74) is 1.31. The molecule has 0 aliphatic rings. The number of hydrogen-bond acceptors (Lipinski definition) is 5. The molecule has 7 heteroatoms. The van der Waals surface area contributed by atoms with Crippen LogP contribution in [0, 0.1) is 0 Å². The minimum absolute atomic E-state index is 0.108. The second kappa shape index (κ2) is 8.79. The summed E-state index contributed by atoms with van der Waals surface area (Å²) in [5.74, 6) is 0.177. The van der Waals surface area contributed by atoms with Gasteiger partial charge in [-0.1, -0.05) is 12.1 Å². The van der Waals surface area contributed by atoms with E-state index in [1.165, 1.54) is 0 Å². The smallest absolute Gasteiger partial charge is 0.407 e. The summed E-state index contributed by atoms with van der Waals surface area (Å²) in [7, 11) is 0. The van der Waals surface area contributed by atoms with Crippen molar-refractivity contribution in [2.75, 3.05) is 13.2 Å². The van der Waals surface area contributed by atoms with Gasteiger partial charge in [0.15, 0.2) is 6.61 Å². The van der Waals surface area contributed by atoms with E-state index in [0.29, 0.717) is 18.8 Å². The van der Waals surface area contributed by atoms with Crippen molar-refractivity contribution in [3.05, 3.63) is 30.0 Å². The first-order chi connectivity index (χ1) is 12.7. The maximum atomic E-state index is 11.9. The van der Waals surface area contributed by atoms with Gasteiger partial charge in [0.25, 0.3) is 0 Å². The molecule has 1 amide bonds. The SMILES string of the molecule is CCOC(=O)COc1cccc2c(CC(C)NC(=O)OC(C)(C)C)c[nH]c12. The van der Waals surface area contributed by atoms with E-state index in [2.05, 4.69) is 10.3 Å². The van der Waals surface area contributed by atoms with Crippen LogP contribution in [0.25, 0.3) is 10.9 Å². The average molecular weight is 376 g/mol. The molecular formula is C20H28N2O5. The normalized spacial score (nSPS) is 12.5. The van der Waals surface area contributed by atoms with Gasteiger partial charge in [0, 0.05) is 17.6 Å². The lowest BCUT2D eigenvalue weighted by atomic mass is 10.1. The Bertz CT molecular complexity index is 791. The minimum atomic E-state index is -0.532. The highest BCUT2D eigenvalue weighted by Gasteiger charge is 2.19. The van der Waals surface area contributed by atoms with Gasteiger partial charge in [0.1, 0.15) is 11.4 Å². The van der Waals surface area contributed by atoms with Gasteiger partial charge in [-0.25, -0.2) is 9.59 Å². The molecule has 0 fully saturated rings. The fourth-order valence-corrected chi connectivity index (χ4v) is 2.70. The number of rotatable bonds is 7. The summed E-state index contributed by atoms with van der Waals surface area (Å²) >= 11 is 0. The van der Waals surface area contributed by atoms with Crippen LogP contribution < -0.4 is 10.1 Å². The molecule has 2 N–H and O–H groups in total. The van der Waals surface area contributed by atoms with Gasteiger partial charge in [-0.15, -0.1) is 0 Å². The molecule has 148 valence electrons. The number of alkyl carbamates (subject to hydrolysis) is 1. The van der Waals surface area contributed by atoms with Gasteiger partial charge < -0.3 is 24.5 Å². The van der Waals surface area contributed by atoms with Gasteiger partial charge >= 0.3 is 12.1 Å². The summed E-state index contributed by atoms with van der Waals surface area (Å²) in [5, 5.41) is 3.82. The zero-order valence-electron chi connectivity index (χ0n) is 16.5. The lowest BCUT2D eigenvalue weighted by Gasteiger charge is -2.21. The second-order valence-corrected chi connectivity index (χ2v) is 7.34. The molecule has 0 spiro atoms. The first-order valence-electron chi connectivity index (χ1n) is 9.06. The first kappa shape index (κ1) is 20.6. The third-order valence-corrected chi connectivity index (χ3v) is 3.70. The number of aromatic nitrogens is 1. The zero-order chi connectivity index (χ0) is 20.0. The number of H-pyrrole nitrogens is 1. The van der Waals surface area contributed by atoms with E-state index in [1.807, 2.05) is 46.0 Å². The van der Waals surface area contributed by atoms with E-state index in [-0.39, 0.29) is 12.6 Å². The quantitative estimate of drug-likeness (QED) is 0.721. The van der Waals surface area contributed by atoms with Crippen LogP contribution in [0.3, 0.4) is 0 Å². The number of para-hydroxylation sites is 1. The Balaban J connectivity index is 2.04. The van der Waals surface area contributed by atoms with E-state index in [1.54, 1.807) is 13.0 Å². The van der Waals surface area contributed by atoms with Crippen LogP contribution in [0.4, 0.5) is 4.79 Å². The molecule has 0 aliphatic carbocycles. The highest BCUT2D eigenvalue weighted by Crippen LogP contribution is 2.28. The number of hydrogen-bond donors (Lipinski definition) is 2. The fourth-order valence-electron chi connectivity index (χ4n) is 2.70. The van der Waals surface area contributed by atoms with Crippen molar-refractivity contribution >= 4 is 23.0 Å². The Labute approximate surface area is 159 Å². The standard InChI is InChI=1S/C20H28N2O5/c1-6-25-17(23)12-26-16-9-7-8-15-14(11-21-18(15)16)10-13(2)22-19(24)27-20(3,4)5/h7-9,11,13,21H,6,10,12H2,1-5H3,(H,22,24). The van der Waals surface area contributed by atoms with E-state index in [0.717, 1.165) is 16.5 Å². The second-order valence-electron chi connectivity index (χ2n) is 7.34. The molecule has 2 aromatic rings. The Morgan fingerprint density at radius 1 is 1.26 bits per heavy atom. The van der Waals surface area contributed by atoms with Crippen LogP contribution in [-0.4, -0.2) is 41.9 Å². The number of benzene rings is 1. The third kappa shape index (κ3) is 6.20. The number of nitrogens with one attached hydrogen (secondary N) is 2. The lowest BCUT2D eigenvalue weighted by molar-refractivity contribution is -0.145. The molecular weight excluding hydrogens is 348 g/mol. The molecule has 7 nitrogen and oxygen atoms in total. The van der Waals surface area contributed by atoms with Crippen LogP contribution >= 0.6 is 0 Å². The highest BCUT2D eigenvalue weighted by molar-refractivity contribution is 5.88. The van der Waals surface area contributed by atoms with Gasteiger partial charge in [0.2, 0.25) is 0 Å². The number of carbonyl (C=O) groups excluding carboxylic acids is 2. The van der Waals surface area contributed by atoms with E-state index < -0.39 is 17.7 Å². The molecule has 1 aromatic heterocycles. The first-order valence-corrected chi connectivity index (χ1v) is 9.06. The lowest BCUT2D eigenvalue weighted by Crippen LogP contribution is -2.38. The highest BCUT2D eigenvalue weighted by atomic mass is 16.6. The predicted octanol–water partition coefficient (Wildman–Crippen LogP) is 3.57. The van der Waals surface area contributed by atoms with Crippen molar-refractivity contribution in [1.82, 2.24) is 10.3 Å². The Morgan fingerprint density at radius 3 is 2.67 bits per heavy atom. The van der Waals surface area contributed by atoms with Crippen molar-refractivity contribution in [3.8, 4) is 5.75 Å². The van der Waals surface area contributed by atoms with Crippen molar-refractivity contribution in [3.63, 3.8) is 0 Å². The fraction of sp³-hybridized carbons (Fsp3) is 0.500. The van der Waals surface area contributed by atoms with Crippen molar-refractivity contribution in [2.24, 2.45) is 0 Å². The third-order valence-electron chi connectivity index (χ3n) is 3.70. The van der Waals surface area contributed by atoms with Crippen LogP contribution in [0.1, 0.15) is 40.2 Å². The predicted molar refractivity (Wildman–Crippen MR) is 103 cm³/mol. The molecule has 2 rings (SSSR count). The monoisotopic (exact) mass is 376 g/mol. The van der Waals surface area contributed by atoms with E-state index >= 15 is 0 Å². The van der Waals surface area contributed by atoms with Gasteiger partial charge in [-0.05, 0) is 52.7 Å². The van der Waals surface area contributed by atoms with E-state index in [9.17, 15) is 9.59 Å². The largest absolute Gasteiger partial charge is 0.480 e. The molecule has 1 unspecified atom stereocenters. The molecule has 0 aliphatic heterocycles. The number of esters is 1. The molecule has 1 atom stereocenters. The summed E-state index contributed by atoms with van der Waals surface area (Å²) in [6.45, 7) is 9.34. The summed E-state index contributed by atoms with van der Waals surface area (Å²) in [6.07, 6.45) is 2.07. The molecule has 1 aromatic carbocycles. The molecule has 0 saturated carbocycles. The van der Waals surface area contributed by atoms with Gasteiger partial charge in [-0.2, -0.15) is 0 Å². The number of aromatic amines is 1. The van der Waals surface area contributed by atoms with Crippen LogP contribution in [0.15, 0.2) is 24.4 Å². The number of ether oxygens (including phenoxy) is 3. The van der Waals surface area contributed by atoms with Crippen molar-refractivity contribution in [2.45, 2.75) is 52.7 Å². The summed E-state index contributed by atoms with van der Waals surface area (Å²) in [6, 6.07) is 5.53. The molecule has 1 heterocycles. The van der Waals surface area contributed by atoms with Crippen molar-refractivity contribution < 1.29 is 23.8 Å². The van der Waals surface area contributed by atoms with Gasteiger partial charge in [-0.3, -0.25) is 0 Å². The molecule has 0 radical (unpaired) electrons. The maximum Gasteiger partial charge on any atom is 0.407 e. The number of carbonyl (C=O) groups is 2. The summed E-state index contributed by atoms with van der Waals surface area (Å²) < 4.78 is 15.7. The Kier molecular flexibility index (Phi) is 6.71. The molecule has 27 heavy (non-hydrogen) atoms. The summed E-state index contributed by atoms with van der Waals surface area (Å²) in [4.78, 5) is 26.6. The average Bonchev–Trinajstić information content (AvgIpc) is 2.94. The Morgan fingerprint density at radius 2 is 2.00 bits per heavy atom. The van der Waals surface area contributed by atoms with Crippen LogP contribution in [0.2, 0.25) is 0 Å². The van der Waals surface area contributed by atoms with Crippen LogP contribution in [0.5, 0.6) is 5.75 Å². The van der Waals surface area contributed by atoms with E-state index in [4.69, 9.17) is 14.2 Å².